The molecule has 0 radical (unpaired) electrons. The number of esters is 1. The molecule has 0 amide bonds. The van der Waals surface area contributed by atoms with Crippen molar-refractivity contribution in [3.63, 3.8) is 0 Å². The summed E-state index contributed by atoms with van der Waals surface area (Å²) in [6.45, 7) is 0. The topological polar surface area (TPSA) is 43.4 Å². The second-order valence-corrected chi connectivity index (χ2v) is 3.06. The van der Waals surface area contributed by atoms with Crippen LogP contribution in [0.1, 0.15) is 5.56 Å². The fraction of sp³-hybridized carbons (Fsp3) is 0.273. The third-order valence-corrected chi connectivity index (χ3v) is 2.07. The number of ether oxygens (including phenoxy) is 1. The molecule has 0 aliphatic heterocycles. The highest BCUT2D eigenvalue weighted by molar-refractivity contribution is 5.87. The van der Waals surface area contributed by atoms with Gasteiger partial charge in [0.1, 0.15) is 18.0 Å². The lowest BCUT2D eigenvalue weighted by molar-refractivity contribution is -0.146. The lowest BCUT2D eigenvalue weighted by Crippen LogP contribution is -2.20. The van der Waals surface area contributed by atoms with Gasteiger partial charge in [0.2, 0.25) is 0 Å². The zero-order chi connectivity index (χ0) is 11.3. The van der Waals surface area contributed by atoms with E-state index >= 15 is 0 Å². The van der Waals surface area contributed by atoms with Gasteiger partial charge in [-0.25, -0.2) is 4.39 Å². The van der Waals surface area contributed by atoms with Gasteiger partial charge < -0.3 is 9.53 Å². The summed E-state index contributed by atoms with van der Waals surface area (Å²) < 4.78 is 17.6. The van der Waals surface area contributed by atoms with Crippen LogP contribution in [-0.2, 0) is 20.7 Å². The zero-order valence-electron chi connectivity index (χ0n) is 8.27. The molecule has 0 saturated carbocycles. The van der Waals surface area contributed by atoms with Gasteiger partial charge in [-0.05, 0) is 18.1 Å². The average molecular weight is 210 g/mol. The van der Waals surface area contributed by atoms with Crippen LogP contribution in [0.15, 0.2) is 24.3 Å². The summed E-state index contributed by atoms with van der Waals surface area (Å²) >= 11 is 0. The van der Waals surface area contributed by atoms with Gasteiger partial charge in [-0.3, -0.25) is 4.79 Å². The standard InChI is InChI=1S/C11H11FO3/c1-15-11(14)9(7-13)6-8-4-2-3-5-10(8)12/h2-5,7,9H,6H2,1H3. The monoisotopic (exact) mass is 210 g/mol. The van der Waals surface area contributed by atoms with E-state index in [-0.39, 0.29) is 6.42 Å². The van der Waals surface area contributed by atoms with Crippen molar-refractivity contribution >= 4 is 12.3 Å². The van der Waals surface area contributed by atoms with E-state index in [1.807, 2.05) is 0 Å². The van der Waals surface area contributed by atoms with E-state index in [4.69, 9.17) is 0 Å². The number of hydrogen-bond acceptors (Lipinski definition) is 3. The van der Waals surface area contributed by atoms with Gasteiger partial charge in [-0.1, -0.05) is 18.2 Å². The Kier molecular flexibility index (Phi) is 3.97. The molecule has 0 fully saturated rings. The second-order valence-electron chi connectivity index (χ2n) is 3.06. The minimum absolute atomic E-state index is 0.0306. The van der Waals surface area contributed by atoms with Crippen LogP contribution in [0.25, 0.3) is 0 Å². The summed E-state index contributed by atoms with van der Waals surface area (Å²) in [5.41, 5.74) is 0.333. The molecule has 1 rings (SSSR count). The first-order valence-corrected chi connectivity index (χ1v) is 4.45. The van der Waals surface area contributed by atoms with Crippen molar-refractivity contribution in [1.82, 2.24) is 0 Å². The first kappa shape index (κ1) is 11.4. The van der Waals surface area contributed by atoms with Gasteiger partial charge in [0.05, 0.1) is 7.11 Å². The molecule has 1 aromatic carbocycles. The van der Waals surface area contributed by atoms with Gasteiger partial charge in [0.15, 0.2) is 0 Å². The number of hydrogen-bond donors (Lipinski definition) is 0. The quantitative estimate of drug-likeness (QED) is 0.428. The minimum Gasteiger partial charge on any atom is -0.468 e. The molecule has 0 aliphatic carbocycles. The first-order valence-electron chi connectivity index (χ1n) is 4.45. The Labute approximate surface area is 86.9 Å². The van der Waals surface area contributed by atoms with E-state index in [2.05, 4.69) is 4.74 Å². The van der Waals surface area contributed by atoms with E-state index in [0.29, 0.717) is 11.8 Å². The molecular weight excluding hydrogens is 199 g/mol. The van der Waals surface area contributed by atoms with Crippen molar-refractivity contribution < 1.29 is 18.7 Å². The number of halogens is 1. The van der Waals surface area contributed by atoms with Crippen molar-refractivity contribution in [2.75, 3.05) is 7.11 Å². The Hall–Kier alpha value is -1.71. The summed E-state index contributed by atoms with van der Waals surface area (Å²) in [6, 6.07) is 6.02. The van der Waals surface area contributed by atoms with E-state index in [0.717, 1.165) is 0 Å². The van der Waals surface area contributed by atoms with Gasteiger partial charge in [0, 0.05) is 0 Å². The van der Waals surface area contributed by atoms with Crippen LogP contribution in [0.2, 0.25) is 0 Å². The molecule has 3 nitrogen and oxygen atoms in total. The summed E-state index contributed by atoms with van der Waals surface area (Å²) in [5.74, 6) is -2.01. The second kappa shape index (κ2) is 5.24. The molecule has 1 atom stereocenters. The lowest BCUT2D eigenvalue weighted by Gasteiger charge is -2.08. The molecule has 0 aromatic heterocycles. The van der Waals surface area contributed by atoms with Crippen LogP contribution < -0.4 is 0 Å². The van der Waals surface area contributed by atoms with Gasteiger partial charge in [0.25, 0.3) is 0 Å². The number of rotatable bonds is 4. The van der Waals surface area contributed by atoms with Crippen LogP contribution in [0, 0.1) is 11.7 Å². The summed E-state index contributed by atoms with van der Waals surface area (Å²) in [7, 11) is 1.19. The molecule has 0 aliphatic rings. The molecule has 0 N–H and O–H groups in total. The Morgan fingerprint density at radius 1 is 1.53 bits per heavy atom. The third kappa shape index (κ3) is 2.87. The van der Waals surface area contributed by atoms with Crippen molar-refractivity contribution in [3.8, 4) is 0 Å². The van der Waals surface area contributed by atoms with Crippen LogP contribution in [-0.4, -0.2) is 19.4 Å². The molecule has 0 bridgehead atoms. The molecule has 15 heavy (non-hydrogen) atoms. The van der Waals surface area contributed by atoms with E-state index in [1.165, 1.54) is 19.2 Å². The Morgan fingerprint density at radius 3 is 2.73 bits per heavy atom. The van der Waals surface area contributed by atoms with E-state index in [1.54, 1.807) is 12.1 Å². The molecule has 0 saturated heterocycles. The van der Waals surface area contributed by atoms with Crippen LogP contribution in [0.4, 0.5) is 4.39 Å². The maximum Gasteiger partial charge on any atom is 0.316 e. The summed E-state index contributed by atoms with van der Waals surface area (Å²) in [6.07, 6.45) is 0.501. The highest BCUT2D eigenvalue weighted by atomic mass is 19.1. The first-order chi connectivity index (χ1) is 7.19. The molecule has 0 heterocycles. The normalized spacial score (nSPS) is 11.9. The number of methoxy groups -OCH3 is 1. The highest BCUT2D eigenvalue weighted by Gasteiger charge is 2.19. The number of benzene rings is 1. The average Bonchev–Trinajstić information content (AvgIpc) is 2.27. The van der Waals surface area contributed by atoms with Crippen LogP contribution in [0.3, 0.4) is 0 Å². The van der Waals surface area contributed by atoms with E-state index in [9.17, 15) is 14.0 Å². The predicted octanol–water partition coefficient (Wildman–Crippen LogP) is 1.36. The molecule has 80 valence electrons. The number of carbonyl (C=O) groups excluding carboxylic acids is 2. The van der Waals surface area contributed by atoms with Crippen molar-refractivity contribution in [1.29, 1.82) is 0 Å². The predicted molar refractivity (Wildman–Crippen MR) is 51.7 cm³/mol. The van der Waals surface area contributed by atoms with Crippen LogP contribution >= 0.6 is 0 Å². The fourth-order valence-corrected chi connectivity index (χ4v) is 1.24. The van der Waals surface area contributed by atoms with Crippen molar-refractivity contribution in [2.45, 2.75) is 6.42 Å². The minimum atomic E-state index is -0.938. The Morgan fingerprint density at radius 2 is 2.20 bits per heavy atom. The number of carbonyl (C=O) groups is 2. The fourth-order valence-electron chi connectivity index (χ4n) is 1.24. The van der Waals surface area contributed by atoms with Crippen LogP contribution in [0.5, 0.6) is 0 Å². The smallest absolute Gasteiger partial charge is 0.316 e. The maximum atomic E-state index is 13.2. The Bertz CT molecular complexity index is 363. The van der Waals surface area contributed by atoms with Gasteiger partial charge in [-0.15, -0.1) is 0 Å². The van der Waals surface area contributed by atoms with Gasteiger partial charge >= 0.3 is 5.97 Å². The van der Waals surface area contributed by atoms with E-state index < -0.39 is 17.7 Å². The third-order valence-electron chi connectivity index (χ3n) is 2.07. The molecule has 1 unspecified atom stereocenters. The SMILES string of the molecule is COC(=O)C(C=O)Cc1ccccc1F. The number of aldehydes is 1. The molecule has 4 heteroatoms. The zero-order valence-corrected chi connectivity index (χ0v) is 8.27. The van der Waals surface area contributed by atoms with Crippen molar-refractivity contribution in [3.05, 3.63) is 35.6 Å². The lowest BCUT2D eigenvalue weighted by atomic mass is 10.0. The Balaban J connectivity index is 2.80. The summed E-state index contributed by atoms with van der Waals surface area (Å²) in [5, 5.41) is 0. The molecule has 1 aromatic rings. The highest BCUT2D eigenvalue weighted by Crippen LogP contribution is 2.12. The maximum absolute atomic E-state index is 13.2. The molecule has 0 spiro atoms. The largest absolute Gasteiger partial charge is 0.468 e. The molecular formula is C11H11FO3. The van der Waals surface area contributed by atoms with Gasteiger partial charge in [-0.2, -0.15) is 0 Å². The van der Waals surface area contributed by atoms with Crippen molar-refractivity contribution in [2.24, 2.45) is 5.92 Å². The summed E-state index contributed by atoms with van der Waals surface area (Å²) in [4.78, 5) is 21.7.